The summed E-state index contributed by atoms with van der Waals surface area (Å²) in [5, 5.41) is 0. The summed E-state index contributed by atoms with van der Waals surface area (Å²) in [6.07, 6.45) is 1.05. The standard InChI is InChI=1S/C14H14O3S/c1-18(15,16)17-11-13-9-5-6-10-14(13)12-7-3-2-4-8-12/h2-10H,11H2,1H3. The SMILES string of the molecule is CS(=O)(=O)OCc1ccccc1-c1ccccc1. The Morgan fingerprint density at radius 2 is 1.56 bits per heavy atom. The molecule has 3 nitrogen and oxygen atoms in total. The Morgan fingerprint density at radius 3 is 2.22 bits per heavy atom. The zero-order chi connectivity index (χ0) is 13.0. The van der Waals surface area contributed by atoms with E-state index in [-0.39, 0.29) is 6.61 Å². The number of hydrogen-bond acceptors (Lipinski definition) is 3. The first kappa shape index (κ1) is 12.8. The molecule has 0 N–H and O–H groups in total. The molecule has 2 rings (SSSR count). The summed E-state index contributed by atoms with van der Waals surface area (Å²) in [6.45, 7) is 0.0594. The Balaban J connectivity index is 2.32. The van der Waals surface area contributed by atoms with Gasteiger partial charge in [0.2, 0.25) is 0 Å². The van der Waals surface area contributed by atoms with Crippen LogP contribution in [-0.2, 0) is 20.9 Å². The first-order chi connectivity index (χ1) is 8.56. The molecule has 0 unspecified atom stereocenters. The molecule has 0 aliphatic heterocycles. The van der Waals surface area contributed by atoms with Crippen LogP contribution in [0.4, 0.5) is 0 Å². The third-order valence-corrected chi connectivity index (χ3v) is 3.08. The van der Waals surface area contributed by atoms with Crippen LogP contribution in [0.15, 0.2) is 54.6 Å². The fourth-order valence-electron chi connectivity index (χ4n) is 1.72. The van der Waals surface area contributed by atoms with Gasteiger partial charge in [-0.15, -0.1) is 0 Å². The largest absolute Gasteiger partial charge is 0.265 e. The predicted octanol–water partition coefficient (Wildman–Crippen LogP) is 2.83. The van der Waals surface area contributed by atoms with Crippen molar-refractivity contribution in [2.24, 2.45) is 0 Å². The van der Waals surface area contributed by atoms with Crippen molar-refractivity contribution in [1.82, 2.24) is 0 Å². The predicted molar refractivity (Wildman–Crippen MR) is 71.5 cm³/mol. The average Bonchev–Trinajstić information content (AvgIpc) is 2.37. The molecular formula is C14H14O3S. The minimum absolute atomic E-state index is 0.0594. The maximum absolute atomic E-state index is 11.0. The van der Waals surface area contributed by atoms with E-state index in [4.69, 9.17) is 4.18 Å². The Hall–Kier alpha value is -1.65. The summed E-state index contributed by atoms with van der Waals surface area (Å²) in [6, 6.07) is 17.4. The molecule has 0 aliphatic rings. The van der Waals surface area contributed by atoms with Crippen LogP contribution in [0.25, 0.3) is 11.1 Å². The first-order valence-electron chi connectivity index (χ1n) is 5.54. The van der Waals surface area contributed by atoms with E-state index >= 15 is 0 Å². The van der Waals surface area contributed by atoms with E-state index in [0.717, 1.165) is 22.9 Å². The molecule has 0 heterocycles. The second kappa shape index (κ2) is 5.33. The quantitative estimate of drug-likeness (QED) is 0.796. The second-order valence-corrected chi connectivity index (χ2v) is 5.63. The van der Waals surface area contributed by atoms with Gasteiger partial charge >= 0.3 is 0 Å². The van der Waals surface area contributed by atoms with E-state index in [2.05, 4.69) is 0 Å². The van der Waals surface area contributed by atoms with E-state index in [1.165, 1.54) is 0 Å². The second-order valence-electron chi connectivity index (χ2n) is 3.99. The fraction of sp³-hybridized carbons (Fsp3) is 0.143. The highest BCUT2D eigenvalue weighted by Crippen LogP contribution is 2.24. The van der Waals surface area contributed by atoms with Crippen molar-refractivity contribution >= 4 is 10.1 Å². The highest BCUT2D eigenvalue weighted by Gasteiger charge is 2.07. The molecule has 0 aromatic heterocycles. The molecule has 18 heavy (non-hydrogen) atoms. The minimum atomic E-state index is -3.42. The van der Waals surface area contributed by atoms with E-state index in [1.807, 2.05) is 54.6 Å². The Morgan fingerprint density at radius 1 is 0.944 bits per heavy atom. The van der Waals surface area contributed by atoms with Gasteiger partial charge in [-0.05, 0) is 16.7 Å². The van der Waals surface area contributed by atoms with Crippen molar-refractivity contribution in [2.75, 3.05) is 6.26 Å². The smallest absolute Gasteiger partial charge is 0.264 e. The summed E-state index contributed by atoms with van der Waals surface area (Å²) in [5.74, 6) is 0. The lowest BCUT2D eigenvalue weighted by Gasteiger charge is -2.09. The Kier molecular flexibility index (Phi) is 3.79. The monoisotopic (exact) mass is 262 g/mol. The van der Waals surface area contributed by atoms with Crippen LogP contribution in [0, 0.1) is 0 Å². The molecule has 0 spiro atoms. The topological polar surface area (TPSA) is 43.4 Å². The van der Waals surface area contributed by atoms with Crippen LogP contribution in [0.3, 0.4) is 0 Å². The molecule has 2 aromatic rings. The highest BCUT2D eigenvalue weighted by molar-refractivity contribution is 7.85. The summed E-state index contributed by atoms with van der Waals surface area (Å²) >= 11 is 0. The van der Waals surface area contributed by atoms with Crippen molar-refractivity contribution in [3.05, 3.63) is 60.2 Å². The molecule has 94 valence electrons. The molecule has 0 atom stereocenters. The van der Waals surface area contributed by atoms with Gasteiger partial charge < -0.3 is 0 Å². The zero-order valence-electron chi connectivity index (χ0n) is 10.0. The first-order valence-corrected chi connectivity index (χ1v) is 7.36. The summed E-state index contributed by atoms with van der Waals surface area (Å²) in [4.78, 5) is 0. The van der Waals surface area contributed by atoms with Crippen LogP contribution in [0.1, 0.15) is 5.56 Å². The van der Waals surface area contributed by atoms with Crippen LogP contribution in [-0.4, -0.2) is 14.7 Å². The van der Waals surface area contributed by atoms with Crippen LogP contribution >= 0.6 is 0 Å². The van der Waals surface area contributed by atoms with Gasteiger partial charge in [-0.25, -0.2) is 0 Å². The zero-order valence-corrected chi connectivity index (χ0v) is 10.9. The minimum Gasteiger partial charge on any atom is -0.265 e. The van der Waals surface area contributed by atoms with Crippen molar-refractivity contribution in [3.8, 4) is 11.1 Å². The Labute approximate surface area is 107 Å². The number of hydrogen-bond donors (Lipinski definition) is 0. The summed E-state index contributed by atoms with van der Waals surface area (Å²) < 4.78 is 26.9. The fourth-order valence-corrected chi connectivity index (χ4v) is 2.06. The van der Waals surface area contributed by atoms with Gasteiger partial charge in [-0.2, -0.15) is 8.42 Å². The van der Waals surface area contributed by atoms with Gasteiger partial charge in [-0.1, -0.05) is 54.6 Å². The highest BCUT2D eigenvalue weighted by atomic mass is 32.2. The van der Waals surface area contributed by atoms with Gasteiger partial charge in [0, 0.05) is 0 Å². The molecule has 0 radical (unpaired) electrons. The van der Waals surface area contributed by atoms with Crippen molar-refractivity contribution in [2.45, 2.75) is 6.61 Å². The molecular weight excluding hydrogens is 248 g/mol. The van der Waals surface area contributed by atoms with Crippen molar-refractivity contribution in [3.63, 3.8) is 0 Å². The molecule has 0 aliphatic carbocycles. The van der Waals surface area contributed by atoms with Gasteiger partial charge in [0.15, 0.2) is 0 Å². The molecule has 0 amide bonds. The summed E-state index contributed by atoms with van der Waals surface area (Å²) in [5.41, 5.74) is 2.89. The lowest BCUT2D eigenvalue weighted by molar-refractivity contribution is 0.312. The maximum Gasteiger partial charge on any atom is 0.264 e. The van der Waals surface area contributed by atoms with Crippen LogP contribution in [0.2, 0.25) is 0 Å². The number of rotatable bonds is 4. The van der Waals surface area contributed by atoms with Gasteiger partial charge in [-0.3, -0.25) is 4.18 Å². The molecule has 0 fully saturated rings. The van der Waals surface area contributed by atoms with E-state index in [1.54, 1.807) is 0 Å². The number of benzene rings is 2. The van der Waals surface area contributed by atoms with Gasteiger partial charge in [0.25, 0.3) is 10.1 Å². The van der Waals surface area contributed by atoms with E-state index < -0.39 is 10.1 Å². The Bertz CT molecular complexity index is 618. The molecule has 0 bridgehead atoms. The third kappa shape index (κ3) is 3.42. The van der Waals surface area contributed by atoms with Crippen molar-refractivity contribution < 1.29 is 12.6 Å². The van der Waals surface area contributed by atoms with Crippen molar-refractivity contribution in [1.29, 1.82) is 0 Å². The van der Waals surface area contributed by atoms with Gasteiger partial charge in [0.05, 0.1) is 12.9 Å². The summed E-state index contributed by atoms with van der Waals surface area (Å²) in [7, 11) is -3.42. The van der Waals surface area contributed by atoms with E-state index in [0.29, 0.717) is 0 Å². The van der Waals surface area contributed by atoms with Gasteiger partial charge in [0.1, 0.15) is 0 Å². The average molecular weight is 262 g/mol. The molecule has 0 saturated carbocycles. The van der Waals surface area contributed by atoms with Crippen LogP contribution < -0.4 is 0 Å². The van der Waals surface area contributed by atoms with Crippen LogP contribution in [0.5, 0.6) is 0 Å². The lowest BCUT2D eigenvalue weighted by atomic mass is 10.0. The maximum atomic E-state index is 11.0. The van der Waals surface area contributed by atoms with E-state index in [9.17, 15) is 8.42 Å². The molecule has 2 aromatic carbocycles. The lowest BCUT2D eigenvalue weighted by Crippen LogP contribution is -2.03. The molecule has 0 saturated heterocycles. The molecule has 4 heteroatoms. The third-order valence-electron chi connectivity index (χ3n) is 2.53. The normalized spacial score (nSPS) is 11.4.